The fourth-order valence-electron chi connectivity index (χ4n) is 3.67. The van der Waals surface area contributed by atoms with E-state index in [0.29, 0.717) is 18.6 Å². The molecule has 0 aromatic heterocycles. The summed E-state index contributed by atoms with van der Waals surface area (Å²) in [7, 11) is 0. The van der Waals surface area contributed by atoms with Gasteiger partial charge in [0.25, 0.3) is 0 Å². The molecule has 1 aliphatic carbocycles. The van der Waals surface area contributed by atoms with E-state index < -0.39 is 5.41 Å². The molecule has 1 amide bonds. The van der Waals surface area contributed by atoms with Crippen LogP contribution in [0.4, 0.5) is 0 Å². The number of amides is 1. The molecule has 2 aliphatic rings. The monoisotopic (exact) mass is 277 g/mol. The van der Waals surface area contributed by atoms with Crippen LogP contribution >= 0.6 is 0 Å². The minimum absolute atomic E-state index is 0.0472. The fraction of sp³-hybridized carbons (Fsp3) is 0.875. The zero-order chi connectivity index (χ0) is 14.6. The van der Waals surface area contributed by atoms with Gasteiger partial charge in [0, 0.05) is 18.6 Å². The molecule has 1 saturated heterocycles. The van der Waals surface area contributed by atoms with Gasteiger partial charge in [0.05, 0.1) is 6.07 Å². The van der Waals surface area contributed by atoms with Gasteiger partial charge in [-0.2, -0.15) is 5.26 Å². The second-order valence-corrected chi connectivity index (χ2v) is 6.54. The van der Waals surface area contributed by atoms with E-state index >= 15 is 0 Å². The van der Waals surface area contributed by atoms with Crippen molar-refractivity contribution < 1.29 is 4.79 Å². The van der Waals surface area contributed by atoms with Gasteiger partial charge in [-0.05, 0) is 46.1 Å². The molecule has 0 unspecified atom stereocenters. The van der Waals surface area contributed by atoms with Gasteiger partial charge in [-0.3, -0.25) is 9.69 Å². The number of carbonyl (C=O) groups is 1. The Balaban J connectivity index is 1.85. The predicted molar refractivity (Wildman–Crippen MR) is 79.0 cm³/mol. The largest absolute Gasteiger partial charge is 0.353 e. The zero-order valence-electron chi connectivity index (χ0n) is 12.8. The first-order valence-electron chi connectivity index (χ1n) is 8.04. The molecule has 20 heavy (non-hydrogen) atoms. The Kier molecular flexibility index (Phi) is 5.04. The van der Waals surface area contributed by atoms with Crippen LogP contribution in [-0.2, 0) is 4.79 Å². The third-order valence-corrected chi connectivity index (χ3v) is 5.08. The number of nitriles is 1. The van der Waals surface area contributed by atoms with E-state index in [0.717, 1.165) is 32.2 Å². The van der Waals surface area contributed by atoms with Gasteiger partial charge in [-0.15, -0.1) is 0 Å². The molecule has 2 fully saturated rings. The molecule has 2 atom stereocenters. The first-order valence-corrected chi connectivity index (χ1v) is 8.04. The lowest BCUT2D eigenvalue weighted by Crippen LogP contribution is -2.50. The molecule has 4 heteroatoms. The quantitative estimate of drug-likeness (QED) is 0.858. The SMILES string of the molecule is C[C@@H]1CCCCN1[C@H](C)CNC(=O)C1(C#N)CCCC1. The zero-order valence-corrected chi connectivity index (χ0v) is 12.8. The van der Waals surface area contributed by atoms with E-state index in [1.807, 2.05) is 0 Å². The molecule has 0 spiro atoms. The Morgan fingerprint density at radius 3 is 2.70 bits per heavy atom. The van der Waals surface area contributed by atoms with Crippen LogP contribution in [0.15, 0.2) is 0 Å². The molecule has 112 valence electrons. The Hall–Kier alpha value is -1.08. The smallest absolute Gasteiger partial charge is 0.240 e. The average molecular weight is 277 g/mol. The third kappa shape index (κ3) is 3.15. The van der Waals surface area contributed by atoms with Crippen molar-refractivity contribution >= 4 is 5.91 Å². The molecule has 4 nitrogen and oxygen atoms in total. The highest BCUT2D eigenvalue weighted by molar-refractivity contribution is 5.85. The Morgan fingerprint density at radius 1 is 1.40 bits per heavy atom. The van der Waals surface area contributed by atoms with E-state index in [4.69, 9.17) is 0 Å². The minimum atomic E-state index is -0.743. The van der Waals surface area contributed by atoms with Crippen LogP contribution < -0.4 is 5.32 Å². The van der Waals surface area contributed by atoms with Crippen molar-refractivity contribution in [3.8, 4) is 6.07 Å². The summed E-state index contributed by atoms with van der Waals surface area (Å²) in [6, 6.07) is 3.22. The van der Waals surface area contributed by atoms with Crippen molar-refractivity contribution in [2.24, 2.45) is 5.41 Å². The maximum absolute atomic E-state index is 12.3. The number of rotatable bonds is 4. The fourth-order valence-corrected chi connectivity index (χ4v) is 3.67. The summed E-state index contributed by atoms with van der Waals surface area (Å²) in [4.78, 5) is 14.8. The number of carbonyl (C=O) groups excluding carboxylic acids is 1. The van der Waals surface area contributed by atoms with Crippen LogP contribution in [0, 0.1) is 16.7 Å². The highest BCUT2D eigenvalue weighted by Gasteiger charge is 2.41. The third-order valence-electron chi connectivity index (χ3n) is 5.08. The van der Waals surface area contributed by atoms with E-state index in [-0.39, 0.29) is 5.91 Å². The Labute approximate surface area is 122 Å². The van der Waals surface area contributed by atoms with Gasteiger partial charge in [0.15, 0.2) is 0 Å². The number of nitrogens with one attached hydrogen (secondary N) is 1. The summed E-state index contributed by atoms with van der Waals surface area (Å²) in [5.41, 5.74) is -0.743. The molecule has 1 aliphatic heterocycles. The molecular weight excluding hydrogens is 250 g/mol. The molecule has 0 radical (unpaired) electrons. The lowest BCUT2D eigenvalue weighted by atomic mass is 9.87. The molecule has 0 aromatic carbocycles. The van der Waals surface area contributed by atoms with E-state index in [2.05, 4.69) is 30.1 Å². The van der Waals surface area contributed by atoms with Gasteiger partial charge < -0.3 is 5.32 Å². The molecule has 0 aromatic rings. The van der Waals surface area contributed by atoms with Crippen molar-refractivity contribution in [2.75, 3.05) is 13.1 Å². The average Bonchev–Trinajstić information content (AvgIpc) is 2.95. The van der Waals surface area contributed by atoms with Crippen molar-refractivity contribution in [3.05, 3.63) is 0 Å². The predicted octanol–water partition coefficient (Wildman–Crippen LogP) is 2.45. The number of hydrogen-bond acceptors (Lipinski definition) is 3. The normalized spacial score (nSPS) is 27.8. The first kappa shape index (κ1) is 15.3. The summed E-state index contributed by atoms with van der Waals surface area (Å²) in [6.45, 7) is 6.23. The highest BCUT2D eigenvalue weighted by Crippen LogP contribution is 2.37. The van der Waals surface area contributed by atoms with Crippen LogP contribution in [0.1, 0.15) is 58.8 Å². The van der Waals surface area contributed by atoms with Gasteiger partial charge in [-0.25, -0.2) is 0 Å². The second-order valence-electron chi connectivity index (χ2n) is 6.54. The van der Waals surface area contributed by atoms with Crippen LogP contribution in [0.5, 0.6) is 0 Å². The van der Waals surface area contributed by atoms with E-state index in [1.165, 1.54) is 19.3 Å². The van der Waals surface area contributed by atoms with Crippen molar-refractivity contribution in [1.82, 2.24) is 10.2 Å². The molecule has 1 N–H and O–H groups in total. The lowest BCUT2D eigenvalue weighted by molar-refractivity contribution is -0.128. The highest BCUT2D eigenvalue weighted by atomic mass is 16.2. The summed E-state index contributed by atoms with van der Waals surface area (Å²) in [6.07, 6.45) is 7.27. The molecule has 1 heterocycles. The van der Waals surface area contributed by atoms with Gasteiger partial charge in [0.2, 0.25) is 5.91 Å². The second kappa shape index (κ2) is 6.58. The summed E-state index contributed by atoms with van der Waals surface area (Å²) in [5.74, 6) is -0.0472. The van der Waals surface area contributed by atoms with Crippen LogP contribution in [0.2, 0.25) is 0 Å². The van der Waals surface area contributed by atoms with Crippen LogP contribution in [-0.4, -0.2) is 36.0 Å². The maximum Gasteiger partial charge on any atom is 0.240 e. The van der Waals surface area contributed by atoms with Crippen molar-refractivity contribution in [3.63, 3.8) is 0 Å². The maximum atomic E-state index is 12.3. The van der Waals surface area contributed by atoms with Crippen molar-refractivity contribution in [1.29, 1.82) is 5.26 Å². The van der Waals surface area contributed by atoms with E-state index in [1.54, 1.807) is 0 Å². The minimum Gasteiger partial charge on any atom is -0.353 e. The molecule has 2 rings (SSSR count). The summed E-state index contributed by atoms with van der Waals surface area (Å²) < 4.78 is 0. The topological polar surface area (TPSA) is 56.1 Å². The van der Waals surface area contributed by atoms with Crippen LogP contribution in [0.3, 0.4) is 0 Å². The van der Waals surface area contributed by atoms with Crippen LogP contribution in [0.25, 0.3) is 0 Å². The molecular formula is C16H27N3O. The van der Waals surface area contributed by atoms with Gasteiger partial charge >= 0.3 is 0 Å². The van der Waals surface area contributed by atoms with E-state index in [9.17, 15) is 10.1 Å². The van der Waals surface area contributed by atoms with Crippen molar-refractivity contribution in [2.45, 2.75) is 70.9 Å². The Bertz CT molecular complexity index is 382. The number of piperidine rings is 1. The number of hydrogen-bond donors (Lipinski definition) is 1. The molecule has 1 saturated carbocycles. The lowest BCUT2D eigenvalue weighted by Gasteiger charge is -2.38. The number of likely N-dealkylation sites (tertiary alicyclic amines) is 1. The molecule has 0 bridgehead atoms. The standard InChI is InChI=1S/C16H27N3O/c1-13-7-3-6-10-19(13)14(2)11-18-15(20)16(12-17)8-4-5-9-16/h13-14H,3-11H2,1-2H3,(H,18,20)/t13-,14-/m1/s1. The summed E-state index contributed by atoms with van der Waals surface area (Å²) >= 11 is 0. The van der Waals surface area contributed by atoms with Gasteiger partial charge in [0.1, 0.15) is 5.41 Å². The Morgan fingerprint density at radius 2 is 2.10 bits per heavy atom. The summed E-state index contributed by atoms with van der Waals surface area (Å²) in [5, 5.41) is 12.4. The first-order chi connectivity index (χ1) is 9.59. The van der Waals surface area contributed by atoms with Gasteiger partial charge in [-0.1, -0.05) is 19.3 Å². The number of nitrogens with zero attached hydrogens (tertiary/aromatic N) is 2.